The van der Waals surface area contributed by atoms with E-state index in [9.17, 15) is 9.59 Å². The number of amides is 2. The lowest BCUT2D eigenvalue weighted by atomic mass is 9.73. The van der Waals surface area contributed by atoms with Gasteiger partial charge in [-0.3, -0.25) is 14.9 Å². The molecule has 2 amide bonds. The standard InChI is InChI=1S/C16H21NO3/c1-10(2)15-13(8-14(18)17-16(15)19)12-7-5-4-6-11(12)9-20-3/h4-7,10,13,15H,8-9H2,1-3H3,(H,17,18,19). The quantitative estimate of drug-likeness (QED) is 0.857. The summed E-state index contributed by atoms with van der Waals surface area (Å²) in [5.41, 5.74) is 2.10. The van der Waals surface area contributed by atoms with E-state index in [1.165, 1.54) is 0 Å². The predicted octanol–water partition coefficient (Wildman–Crippen LogP) is 2.24. The molecule has 2 atom stereocenters. The Balaban J connectivity index is 2.41. The minimum Gasteiger partial charge on any atom is -0.380 e. The summed E-state index contributed by atoms with van der Waals surface area (Å²) in [6.45, 7) is 4.53. The number of hydrogen-bond donors (Lipinski definition) is 1. The van der Waals surface area contributed by atoms with Crippen molar-refractivity contribution in [1.82, 2.24) is 5.32 Å². The maximum Gasteiger partial charge on any atom is 0.230 e. The Labute approximate surface area is 119 Å². The molecule has 0 aliphatic carbocycles. The molecule has 2 rings (SSSR count). The van der Waals surface area contributed by atoms with Gasteiger partial charge in [-0.2, -0.15) is 0 Å². The highest BCUT2D eigenvalue weighted by atomic mass is 16.5. The van der Waals surface area contributed by atoms with Crippen LogP contribution < -0.4 is 5.32 Å². The van der Waals surface area contributed by atoms with Crippen LogP contribution in [0.5, 0.6) is 0 Å². The van der Waals surface area contributed by atoms with Gasteiger partial charge >= 0.3 is 0 Å². The van der Waals surface area contributed by atoms with E-state index in [4.69, 9.17) is 4.74 Å². The molecule has 108 valence electrons. The Bertz CT molecular complexity index is 510. The van der Waals surface area contributed by atoms with Gasteiger partial charge in [-0.05, 0) is 17.0 Å². The summed E-state index contributed by atoms with van der Waals surface area (Å²) < 4.78 is 5.22. The molecule has 0 aromatic heterocycles. The number of rotatable bonds is 4. The van der Waals surface area contributed by atoms with Gasteiger partial charge in [-0.1, -0.05) is 38.1 Å². The van der Waals surface area contributed by atoms with E-state index in [1.807, 2.05) is 38.1 Å². The molecule has 1 saturated heterocycles. The third-order valence-corrected chi connectivity index (χ3v) is 3.88. The molecule has 1 aliphatic rings. The van der Waals surface area contributed by atoms with Crippen LogP contribution in [0.2, 0.25) is 0 Å². The number of imide groups is 1. The number of benzene rings is 1. The van der Waals surface area contributed by atoms with E-state index in [0.717, 1.165) is 11.1 Å². The van der Waals surface area contributed by atoms with E-state index in [2.05, 4.69) is 5.32 Å². The van der Waals surface area contributed by atoms with Gasteiger partial charge in [0.25, 0.3) is 0 Å². The van der Waals surface area contributed by atoms with Crippen LogP contribution >= 0.6 is 0 Å². The summed E-state index contributed by atoms with van der Waals surface area (Å²) in [7, 11) is 1.65. The Morgan fingerprint density at radius 3 is 2.65 bits per heavy atom. The van der Waals surface area contributed by atoms with Crippen molar-refractivity contribution in [2.75, 3.05) is 7.11 Å². The van der Waals surface area contributed by atoms with E-state index in [1.54, 1.807) is 7.11 Å². The van der Waals surface area contributed by atoms with Gasteiger partial charge in [-0.25, -0.2) is 0 Å². The summed E-state index contributed by atoms with van der Waals surface area (Å²) in [6.07, 6.45) is 0.356. The fraction of sp³-hybridized carbons (Fsp3) is 0.500. The molecule has 1 aromatic carbocycles. The van der Waals surface area contributed by atoms with E-state index < -0.39 is 0 Å². The number of piperidine rings is 1. The molecular formula is C16H21NO3. The minimum atomic E-state index is -0.191. The SMILES string of the molecule is COCc1ccccc1C1CC(=O)NC(=O)C1C(C)C. The lowest BCUT2D eigenvalue weighted by Gasteiger charge is -2.34. The maximum atomic E-state index is 12.1. The zero-order valence-corrected chi connectivity index (χ0v) is 12.2. The van der Waals surface area contributed by atoms with Crippen LogP contribution in [-0.4, -0.2) is 18.9 Å². The van der Waals surface area contributed by atoms with Crippen LogP contribution in [0.1, 0.15) is 37.3 Å². The van der Waals surface area contributed by atoms with Gasteiger partial charge in [0, 0.05) is 25.4 Å². The molecule has 1 aromatic rings. The van der Waals surface area contributed by atoms with Crippen molar-refractivity contribution in [1.29, 1.82) is 0 Å². The van der Waals surface area contributed by atoms with Gasteiger partial charge in [0.2, 0.25) is 11.8 Å². The topological polar surface area (TPSA) is 55.4 Å². The molecule has 1 heterocycles. The molecule has 1 N–H and O–H groups in total. The number of hydrogen-bond acceptors (Lipinski definition) is 3. The van der Waals surface area contributed by atoms with Crippen molar-refractivity contribution in [3.8, 4) is 0 Å². The van der Waals surface area contributed by atoms with Crippen LogP contribution in [0.3, 0.4) is 0 Å². The summed E-state index contributed by atoms with van der Waals surface area (Å²) in [5.74, 6) is -0.408. The zero-order chi connectivity index (χ0) is 14.7. The van der Waals surface area contributed by atoms with Crippen molar-refractivity contribution in [2.24, 2.45) is 11.8 Å². The second kappa shape index (κ2) is 6.18. The molecule has 0 saturated carbocycles. The molecule has 1 fully saturated rings. The number of ether oxygens (including phenoxy) is 1. The monoisotopic (exact) mass is 275 g/mol. The van der Waals surface area contributed by atoms with Gasteiger partial charge in [0.05, 0.1) is 6.61 Å². The lowest BCUT2D eigenvalue weighted by molar-refractivity contribution is -0.138. The highest BCUT2D eigenvalue weighted by molar-refractivity contribution is 6.00. The van der Waals surface area contributed by atoms with Crippen molar-refractivity contribution < 1.29 is 14.3 Å². The molecule has 20 heavy (non-hydrogen) atoms. The smallest absolute Gasteiger partial charge is 0.230 e. The second-order valence-electron chi connectivity index (χ2n) is 5.62. The van der Waals surface area contributed by atoms with Crippen LogP contribution in [0.4, 0.5) is 0 Å². The molecule has 0 spiro atoms. The summed E-state index contributed by atoms with van der Waals surface area (Å²) in [5, 5.41) is 2.45. The Hall–Kier alpha value is -1.68. The second-order valence-corrected chi connectivity index (χ2v) is 5.62. The number of nitrogens with one attached hydrogen (secondary N) is 1. The molecular weight excluding hydrogens is 254 g/mol. The third-order valence-electron chi connectivity index (χ3n) is 3.88. The third kappa shape index (κ3) is 2.90. The van der Waals surface area contributed by atoms with Gasteiger partial charge in [0.1, 0.15) is 0 Å². The highest BCUT2D eigenvalue weighted by Crippen LogP contribution is 2.37. The average Bonchev–Trinajstić information content (AvgIpc) is 2.38. The van der Waals surface area contributed by atoms with Crippen molar-refractivity contribution in [3.63, 3.8) is 0 Å². The zero-order valence-electron chi connectivity index (χ0n) is 12.2. The number of carbonyl (C=O) groups excluding carboxylic acids is 2. The van der Waals surface area contributed by atoms with Crippen molar-refractivity contribution in [2.45, 2.75) is 32.8 Å². The van der Waals surface area contributed by atoms with Gasteiger partial charge < -0.3 is 4.74 Å². The van der Waals surface area contributed by atoms with E-state index in [0.29, 0.717) is 13.0 Å². The Kier molecular flexibility index (Phi) is 4.55. The fourth-order valence-electron chi connectivity index (χ4n) is 3.03. The van der Waals surface area contributed by atoms with Crippen LogP contribution in [0.15, 0.2) is 24.3 Å². The molecule has 4 nitrogen and oxygen atoms in total. The maximum absolute atomic E-state index is 12.1. The molecule has 0 radical (unpaired) electrons. The molecule has 4 heteroatoms. The average molecular weight is 275 g/mol. The largest absolute Gasteiger partial charge is 0.380 e. The van der Waals surface area contributed by atoms with Crippen LogP contribution in [0.25, 0.3) is 0 Å². The van der Waals surface area contributed by atoms with E-state index in [-0.39, 0.29) is 29.6 Å². The number of methoxy groups -OCH3 is 1. The Morgan fingerprint density at radius 2 is 2.00 bits per heavy atom. The van der Waals surface area contributed by atoms with Gasteiger partial charge in [0.15, 0.2) is 0 Å². The van der Waals surface area contributed by atoms with Gasteiger partial charge in [-0.15, -0.1) is 0 Å². The van der Waals surface area contributed by atoms with E-state index >= 15 is 0 Å². The molecule has 1 aliphatic heterocycles. The fourth-order valence-corrected chi connectivity index (χ4v) is 3.03. The van der Waals surface area contributed by atoms with Crippen LogP contribution in [-0.2, 0) is 20.9 Å². The predicted molar refractivity (Wildman–Crippen MR) is 76.0 cm³/mol. The normalized spacial score (nSPS) is 23.0. The summed E-state index contributed by atoms with van der Waals surface area (Å²) in [4.78, 5) is 23.9. The highest BCUT2D eigenvalue weighted by Gasteiger charge is 2.39. The van der Waals surface area contributed by atoms with Crippen molar-refractivity contribution >= 4 is 11.8 Å². The first kappa shape index (κ1) is 14.7. The minimum absolute atomic E-state index is 0.0670. The summed E-state index contributed by atoms with van der Waals surface area (Å²) in [6, 6.07) is 7.89. The first-order chi connectivity index (χ1) is 9.54. The Morgan fingerprint density at radius 1 is 1.30 bits per heavy atom. The van der Waals surface area contributed by atoms with Crippen molar-refractivity contribution in [3.05, 3.63) is 35.4 Å². The molecule has 2 unspecified atom stereocenters. The summed E-state index contributed by atoms with van der Waals surface area (Å²) >= 11 is 0. The molecule has 0 bridgehead atoms. The first-order valence-electron chi connectivity index (χ1n) is 6.95. The number of carbonyl (C=O) groups is 2. The first-order valence-corrected chi connectivity index (χ1v) is 6.95. The van der Waals surface area contributed by atoms with Crippen LogP contribution in [0, 0.1) is 11.8 Å². The lowest BCUT2D eigenvalue weighted by Crippen LogP contribution is -2.46.